The van der Waals surface area contributed by atoms with Crippen LogP contribution in [0.25, 0.3) is 0 Å². The molecule has 0 aliphatic carbocycles. The number of Topliss-reactive ketones (excluding diaryl/α,β-unsaturated/α-hetero) is 1. The maximum absolute atomic E-state index is 12.8. The van der Waals surface area contributed by atoms with Crippen LogP contribution in [0.5, 0.6) is 11.5 Å². The first kappa shape index (κ1) is 23.3. The second-order valence-electron chi connectivity index (χ2n) is 7.31. The second-order valence-corrected chi connectivity index (χ2v) is 7.75. The predicted octanol–water partition coefficient (Wildman–Crippen LogP) is 3.51. The van der Waals surface area contributed by atoms with Crippen LogP contribution in [0, 0.1) is 5.92 Å². The van der Waals surface area contributed by atoms with E-state index in [0.29, 0.717) is 40.2 Å². The number of carbonyl (C=O) groups is 3. The summed E-state index contributed by atoms with van der Waals surface area (Å²) < 4.78 is 11.1. The standard InChI is InChI=1S/C23H24ClN3O5/c1-13(25-3)22(14(2)28)23(30)26-17-9-20-18(10-19(17)31-4)27(21(29)12-32-20)11-15-5-7-16(24)8-6-15/h5-10,22H,11-12H2,1-4H3,(H,26,30). The van der Waals surface area contributed by atoms with Crippen molar-refractivity contribution in [3.63, 3.8) is 0 Å². The lowest BCUT2D eigenvalue weighted by Gasteiger charge is -2.30. The minimum atomic E-state index is -1.01. The van der Waals surface area contributed by atoms with E-state index >= 15 is 0 Å². The van der Waals surface area contributed by atoms with E-state index in [2.05, 4.69) is 10.3 Å². The molecule has 3 rings (SSSR count). The number of ether oxygens (including phenoxy) is 2. The van der Waals surface area contributed by atoms with E-state index in [1.165, 1.54) is 21.1 Å². The molecule has 1 aliphatic heterocycles. The van der Waals surface area contributed by atoms with Gasteiger partial charge in [0.2, 0.25) is 5.91 Å². The normalized spacial score (nSPS) is 14.3. The lowest BCUT2D eigenvalue weighted by Crippen LogP contribution is -2.38. The summed E-state index contributed by atoms with van der Waals surface area (Å²) in [5, 5.41) is 3.33. The number of ketones is 1. The lowest BCUT2D eigenvalue weighted by molar-refractivity contribution is -0.127. The number of aliphatic imine (C=N–C) groups is 1. The second kappa shape index (κ2) is 9.82. The van der Waals surface area contributed by atoms with Crippen molar-refractivity contribution >= 4 is 46.3 Å². The largest absolute Gasteiger partial charge is 0.494 e. The maximum Gasteiger partial charge on any atom is 0.265 e. The Hall–Kier alpha value is -3.39. The van der Waals surface area contributed by atoms with Crippen LogP contribution in [0.2, 0.25) is 5.02 Å². The third-order valence-electron chi connectivity index (χ3n) is 5.18. The number of halogens is 1. The number of benzene rings is 2. The number of amides is 2. The molecule has 1 N–H and O–H groups in total. The summed E-state index contributed by atoms with van der Waals surface area (Å²) in [4.78, 5) is 42.9. The van der Waals surface area contributed by atoms with Gasteiger partial charge in [-0.25, -0.2) is 0 Å². The van der Waals surface area contributed by atoms with Gasteiger partial charge >= 0.3 is 0 Å². The number of carbonyl (C=O) groups excluding carboxylic acids is 3. The molecule has 0 spiro atoms. The van der Waals surface area contributed by atoms with Crippen molar-refractivity contribution in [2.45, 2.75) is 20.4 Å². The first-order chi connectivity index (χ1) is 15.2. The van der Waals surface area contributed by atoms with E-state index in [1.54, 1.807) is 36.1 Å². The number of rotatable bonds is 7. The van der Waals surface area contributed by atoms with Crippen molar-refractivity contribution in [2.75, 3.05) is 31.0 Å². The minimum Gasteiger partial charge on any atom is -0.494 e. The third-order valence-corrected chi connectivity index (χ3v) is 5.43. The van der Waals surface area contributed by atoms with Gasteiger partial charge in [-0.05, 0) is 31.5 Å². The molecule has 8 nitrogen and oxygen atoms in total. The number of hydrogen-bond donors (Lipinski definition) is 1. The SMILES string of the molecule is CN=C(C)C(C(C)=O)C(=O)Nc1cc2c(cc1OC)N(Cc1ccc(Cl)cc1)C(=O)CO2. The topological polar surface area (TPSA) is 97.3 Å². The molecule has 1 atom stereocenters. The number of nitrogens with one attached hydrogen (secondary N) is 1. The molecular formula is C23H24ClN3O5. The summed E-state index contributed by atoms with van der Waals surface area (Å²) in [6.07, 6.45) is 0. The molecule has 2 aromatic rings. The van der Waals surface area contributed by atoms with Crippen molar-refractivity contribution in [3.8, 4) is 11.5 Å². The highest BCUT2D eigenvalue weighted by Gasteiger charge is 2.30. The summed E-state index contributed by atoms with van der Waals surface area (Å²) in [6, 6.07) is 10.4. The lowest BCUT2D eigenvalue weighted by atomic mass is 9.99. The molecule has 1 unspecified atom stereocenters. The fraction of sp³-hybridized carbons (Fsp3) is 0.304. The van der Waals surface area contributed by atoms with Crippen molar-refractivity contribution < 1.29 is 23.9 Å². The van der Waals surface area contributed by atoms with Crippen molar-refractivity contribution in [3.05, 3.63) is 47.0 Å². The van der Waals surface area contributed by atoms with Crippen molar-refractivity contribution in [1.29, 1.82) is 0 Å². The van der Waals surface area contributed by atoms with Gasteiger partial charge in [0.25, 0.3) is 5.91 Å². The molecule has 0 aromatic heterocycles. The number of methoxy groups -OCH3 is 1. The van der Waals surface area contributed by atoms with Gasteiger partial charge in [-0.2, -0.15) is 0 Å². The van der Waals surface area contributed by atoms with Crippen LogP contribution in [-0.2, 0) is 20.9 Å². The average molecular weight is 458 g/mol. The number of fused-ring (bicyclic) bond motifs is 1. The monoisotopic (exact) mass is 457 g/mol. The van der Waals surface area contributed by atoms with Gasteiger partial charge in [-0.15, -0.1) is 0 Å². The van der Waals surface area contributed by atoms with Crippen molar-refractivity contribution in [1.82, 2.24) is 0 Å². The zero-order valence-electron chi connectivity index (χ0n) is 18.3. The summed E-state index contributed by atoms with van der Waals surface area (Å²) in [5.74, 6) is -1.33. The van der Waals surface area contributed by atoms with E-state index in [9.17, 15) is 14.4 Å². The van der Waals surface area contributed by atoms with Gasteiger partial charge in [0.15, 0.2) is 6.61 Å². The molecule has 2 aromatic carbocycles. The Labute approximate surface area is 191 Å². The molecule has 1 heterocycles. The van der Waals surface area contributed by atoms with Gasteiger partial charge in [0.05, 0.1) is 25.0 Å². The fourth-order valence-corrected chi connectivity index (χ4v) is 3.57. The summed E-state index contributed by atoms with van der Waals surface area (Å²) in [5.41, 5.74) is 2.14. The Balaban J connectivity index is 1.94. The zero-order valence-corrected chi connectivity index (χ0v) is 19.0. The van der Waals surface area contributed by atoms with E-state index in [1.807, 2.05) is 12.1 Å². The minimum absolute atomic E-state index is 0.141. The van der Waals surface area contributed by atoms with Crippen LogP contribution in [0.15, 0.2) is 41.4 Å². The van der Waals surface area contributed by atoms with E-state index in [-0.39, 0.29) is 18.3 Å². The van der Waals surface area contributed by atoms with Crippen molar-refractivity contribution in [2.24, 2.45) is 10.9 Å². The summed E-state index contributed by atoms with van der Waals surface area (Å²) in [6.45, 7) is 3.14. The highest BCUT2D eigenvalue weighted by Crippen LogP contribution is 2.41. The zero-order chi connectivity index (χ0) is 23.4. The molecule has 1 aliphatic rings. The smallest absolute Gasteiger partial charge is 0.265 e. The first-order valence-corrected chi connectivity index (χ1v) is 10.3. The van der Waals surface area contributed by atoms with Gasteiger partial charge in [0, 0.05) is 29.9 Å². The van der Waals surface area contributed by atoms with Crippen LogP contribution < -0.4 is 19.7 Å². The highest BCUT2D eigenvalue weighted by atomic mass is 35.5. The molecule has 0 fully saturated rings. The summed E-state index contributed by atoms with van der Waals surface area (Å²) >= 11 is 5.95. The van der Waals surface area contributed by atoms with Gasteiger partial charge in [-0.3, -0.25) is 19.4 Å². The van der Waals surface area contributed by atoms with Gasteiger partial charge in [0.1, 0.15) is 23.2 Å². The Morgan fingerprint density at radius 1 is 1.25 bits per heavy atom. The third kappa shape index (κ3) is 4.91. The van der Waals surface area contributed by atoms with Crippen LogP contribution in [0.1, 0.15) is 19.4 Å². The molecule has 9 heteroatoms. The molecule has 0 saturated carbocycles. The van der Waals surface area contributed by atoms with Crippen LogP contribution in [0.4, 0.5) is 11.4 Å². The number of anilines is 2. The van der Waals surface area contributed by atoms with Crippen LogP contribution in [-0.4, -0.2) is 44.1 Å². The van der Waals surface area contributed by atoms with E-state index in [0.717, 1.165) is 5.56 Å². The molecule has 32 heavy (non-hydrogen) atoms. The van der Waals surface area contributed by atoms with Crippen LogP contribution >= 0.6 is 11.6 Å². The van der Waals surface area contributed by atoms with Gasteiger partial charge in [-0.1, -0.05) is 23.7 Å². The van der Waals surface area contributed by atoms with E-state index in [4.69, 9.17) is 21.1 Å². The first-order valence-electron chi connectivity index (χ1n) is 9.89. The average Bonchev–Trinajstić information content (AvgIpc) is 2.76. The molecule has 0 bridgehead atoms. The van der Waals surface area contributed by atoms with Gasteiger partial charge < -0.3 is 19.7 Å². The quantitative estimate of drug-likeness (QED) is 0.507. The Kier molecular flexibility index (Phi) is 7.15. The molecule has 2 amide bonds. The number of hydrogen-bond acceptors (Lipinski definition) is 6. The van der Waals surface area contributed by atoms with E-state index < -0.39 is 11.8 Å². The molecular weight excluding hydrogens is 434 g/mol. The highest BCUT2D eigenvalue weighted by molar-refractivity contribution is 6.30. The Morgan fingerprint density at radius 2 is 1.94 bits per heavy atom. The molecule has 168 valence electrons. The fourth-order valence-electron chi connectivity index (χ4n) is 3.44. The predicted molar refractivity (Wildman–Crippen MR) is 123 cm³/mol. The number of nitrogens with zero attached hydrogens (tertiary/aromatic N) is 2. The van der Waals surface area contributed by atoms with Crippen LogP contribution in [0.3, 0.4) is 0 Å². The summed E-state index contributed by atoms with van der Waals surface area (Å²) in [7, 11) is 2.98. The Morgan fingerprint density at radius 3 is 2.53 bits per heavy atom. The Bertz CT molecular complexity index is 1080. The maximum atomic E-state index is 12.8. The molecule has 0 saturated heterocycles. The molecule has 0 radical (unpaired) electrons.